The normalized spacial score (nSPS) is 11.9. The standard InChI is InChI=1S/C9H16O5/c1-12-5-4-7(9(11)14-3)6-8(10)13-2/h7H,4-6H2,1-3H3/t7-/m1/s1. The summed E-state index contributed by atoms with van der Waals surface area (Å²) >= 11 is 0. The van der Waals surface area contributed by atoms with Crippen molar-refractivity contribution in [2.45, 2.75) is 12.8 Å². The van der Waals surface area contributed by atoms with Crippen LogP contribution in [0.2, 0.25) is 0 Å². The smallest absolute Gasteiger partial charge is 0.309 e. The number of carbonyl (C=O) groups excluding carboxylic acids is 2. The van der Waals surface area contributed by atoms with E-state index in [1.54, 1.807) is 0 Å². The first-order chi connectivity index (χ1) is 6.65. The lowest BCUT2D eigenvalue weighted by Gasteiger charge is -2.12. The maximum atomic E-state index is 11.2. The van der Waals surface area contributed by atoms with Crippen LogP contribution in [0.3, 0.4) is 0 Å². The maximum absolute atomic E-state index is 11.2. The minimum absolute atomic E-state index is 0.0343. The molecule has 0 aliphatic heterocycles. The highest BCUT2D eigenvalue weighted by atomic mass is 16.5. The first-order valence-corrected chi connectivity index (χ1v) is 4.29. The summed E-state index contributed by atoms with van der Waals surface area (Å²) in [6, 6.07) is 0. The Kier molecular flexibility index (Phi) is 6.74. The van der Waals surface area contributed by atoms with Crippen LogP contribution in [-0.4, -0.2) is 39.9 Å². The summed E-state index contributed by atoms with van der Waals surface area (Å²) in [5, 5.41) is 0. The van der Waals surface area contributed by atoms with Crippen molar-refractivity contribution in [2.24, 2.45) is 5.92 Å². The van der Waals surface area contributed by atoms with Gasteiger partial charge in [-0.05, 0) is 6.42 Å². The number of ether oxygens (including phenoxy) is 3. The number of hydrogen-bond acceptors (Lipinski definition) is 5. The Labute approximate surface area is 83.3 Å². The van der Waals surface area contributed by atoms with E-state index < -0.39 is 17.9 Å². The summed E-state index contributed by atoms with van der Waals surface area (Å²) in [5.74, 6) is -1.31. The summed E-state index contributed by atoms with van der Waals surface area (Å²) < 4.78 is 13.8. The third-order valence-electron chi connectivity index (χ3n) is 1.85. The first kappa shape index (κ1) is 12.9. The summed E-state index contributed by atoms with van der Waals surface area (Å²) in [6.45, 7) is 0.413. The van der Waals surface area contributed by atoms with Gasteiger partial charge in [0.15, 0.2) is 0 Å². The van der Waals surface area contributed by atoms with Crippen molar-refractivity contribution in [1.29, 1.82) is 0 Å². The Morgan fingerprint density at radius 1 is 1.14 bits per heavy atom. The van der Waals surface area contributed by atoms with E-state index in [1.807, 2.05) is 0 Å². The summed E-state index contributed by atoms with van der Waals surface area (Å²) in [4.78, 5) is 22.1. The van der Waals surface area contributed by atoms with Crippen LogP contribution in [-0.2, 0) is 23.8 Å². The van der Waals surface area contributed by atoms with E-state index in [-0.39, 0.29) is 6.42 Å². The second kappa shape index (κ2) is 7.32. The van der Waals surface area contributed by atoms with Crippen molar-refractivity contribution < 1.29 is 23.8 Å². The number of hydrogen-bond donors (Lipinski definition) is 0. The van der Waals surface area contributed by atoms with E-state index in [9.17, 15) is 9.59 Å². The Hall–Kier alpha value is -1.10. The molecular formula is C9H16O5. The van der Waals surface area contributed by atoms with Gasteiger partial charge >= 0.3 is 11.9 Å². The molecule has 0 fully saturated rings. The highest BCUT2D eigenvalue weighted by molar-refractivity contribution is 5.79. The lowest BCUT2D eigenvalue weighted by atomic mass is 10.0. The minimum Gasteiger partial charge on any atom is -0.469 e. The van der Waals surface area contributed by atoms with E-state index in [1.165, 1.54) is 21.3 Å². The molecule has 0 N–H and O–H groups in total. The monoisotopic (exact) mass is 204 g/mol. The number of rotatable bonds is 6. The van der Waals surface area contributed by atoms with Crippen molar-refractivity contribution in [3.05, 3.63) is 0 Å². The van der Waals surface area contributed by atoms with Gasteiger partial charge in [-0.2, -0.15) is 0 Å². The molecule has 0 unspecified atom stereocenters. The van der Waals surface area contributed by atoms with E-state index in [4.69, 9.17) is 4.74 Å². The van der Waals surface area contributed by atoms with Crippen LogP contribution in [0.5, 0.6) is 0 Å². The molecule has 1 atom stereocenters. The molecule has 0 rings (SSSR count). The van der Waals surface area contributed by atoms with E-state index in [0.717, 1.165) is 0 Å². The van der Waals surface area contributed by atoms with Gasteiger partial charge in [-0.25, -0.2) is 0 Å². The molecule has 0 amide bonds. The molecular weight excluding hydrogens is 188 g/mol. The molecule has 0 aromatic rings. The molecule has 0 aromatic heterocycles. The molecule has 14 heavy (non-hydrogen) atoms. The summed E-state index contributed by atoms with van der Waals surface area (Å²) in [7, 11) is 4.11. The van der Waals surface area contributed by atoms with Crippen LogP contribution in [0.4, 0.5) is 0 Å². The van der Waals surface area contributed by atoms with Crippen LogP contribution < -0.4 is 0 Å². The lowest BCUT2D eigenvalue weighted by Crippen LogP contribution is -2.22. The average molecular weight is 204 g/mol. The van der Waals surface area contributed by atoms with Crippen LogP contribution in [0.1, 0.15) is 12.8 Å². The zero-order chi connectivity index (χ0) is 11.0. The predicted octanol–water partition coefficient (Wildman–Crippen LogP) is 0.375. The zero-order valence-corrected chi connectivity index (χ0v) is 8.74. The van der Waals surface area contributed by atoms with Crippen LogP contribution in [0.15, 0.2) is 0 Å². The van der Waals surface area contributed by atoms with Crippen molar-refractivity contribution >= 4 is 11.9 Å². The molecule has 0 heterocycles. The van der Waals surface area contributed by atoms with Gasteiger partial charge in [0.25, 0.3) is 0 Å². The van der Waals surface area contributed by atoms with Crippen LogP contribution >= 0.6 is 0 Å². The summed E-state index contributed by atoms with van der Waals surface area (Å²) in [6.07, 6.45) is 0.491. The number of carbonyl (C=O) groups is 2. The van der Waals surface area contributed by atoms with Crippen LogP contribution in [0.25, 0.3) is 0 Å². The molecule has 5 nitrogen and oxygen atoms in total. The Morgan fingerprint density at radius 3 is 2.21 bits per heavy atom. The second-order valence-corrected chi connectivity index (χ2v) is 2.78. The largest absolute Gasteiger partial charge is 0.469 e. The fourth-order valence-electron chi connectivity index (χ4n) is 1.01. The fourth-order valence-corrected chi connectivity index (χ4v) is 1.01. The van der Waals surface area contributed by atoms with Gasteiger partial charge in [0.05, 0.1) is 26.6 Å². The third-order valence-corrected chi connectivity index (χ3v) is 1.85. The van der Waals surface area contributed by atoms with Gasteiger partial charge in [-0.15, -0.1) is 0 Å². The molecule has 0 saturated heterocycles. The van der Waals surface area contributed by atoms with E-state index >= 15 is 0 Å². The van der Waals surface area contributed by atoms with Gasteiger partial charge in [0.1, 0.15) is 0 Å². The van der Waals surface area contributed by atoms with Gasteiger partial charge in [-0.1, -0.05) is 0 Å². The van der Waals surface area contributed by atoms with E-state index in [0.29, 0.717) is 13.0 Å². The Bertz CT molecular complexity index is 190. The molecule has 0 aliphatic carbocycles. The fraction of sp³-hybridized carbons (Fsp3) is 0.778. The molecule has 0 radical (unpaired) electrons. The molecule has 0 saturated carbocycles. The molecule has 0 aromatic carbocycles. The topological polar surface area (TPSA) is 61.8 Å². The Balaban J connectivity index is 4.09. The van der Waals surface area contributed by atoms with Gasteiger partial charge in [0, 0.05) is 13.7 Å². The number of esters is 2. The highest BCUT2D eigenvalue weighted by Crippen LogP contribution is 2.11. The second-order valence-electron chi connectivity index (χ2n) is 2.78. The SMILES string of the molecule is COCC[C@H](CC(=O)OC)C(=O)OC. The maximum Gasteiger partial charge on any atom is 0.309 e. The molecule has 0 bridgehead atoms. The molecule has 0 aliphatic rings. The Morgan fingerprint density at radius 2 is 1.79 bits per heavy atom. The van der Waals surface area contributed by atoms with Gasteiger partial charge < -0.3 is 14.2 Å². The van der Waals surface area contributed by atoms with E-state index in [2.05, 4.69) is 9.47 Å². The molecule has 0 spiro atoms. The van der Waals surface area contributed by atoms with Crippen molar-refractivity contribution in [2.75, 3.05) is 27.9 Å². The van der Waals surface area contributed by atoms with Crippen molar-refractivity contribution in [3.8, 4) is 0 Å². The minimum atomic E-state index is -0.479. The van der Waals surface area contributed by atoms with Crippen molar-refractivity contribution in [1.82, 2.24) is 0 Å². The molecule has 5 heteroatoms. The summed E-state index contributed by atoms with van der Waals surface area (Å²) in [5.41, 5.74) is 0. The molecule has 82 valence electrons. The lowest BCUT2D eigenvalue weighted by molar-refractivity contribution is -0.152. The van der Waals surface area contributed by atoms with Gasteiger partial charge in [0.2, 0.25) is 0 Å². The highest BCUT2D eigenvalue weighted by Gasteiger charge is 2.22. The zero-order valence-electron chi connectivity index (χ0n) is 8.74. The third kappa shape index (κ3) is 4.81. The average Bonchev–Trinajstić information content (AvgIpc) is 2.22. The van der Waals surface area contributed by atoms with Crippen LogP contribution in [0, 0.1) is 5.92 Å². The number of methoxy groups -OCH3 is 3. The first-order valence-electron chi connectivity index (χ1n) is 4.29. The van der Waals surface area contributed by atoms with Gasteiger partial charge in [-0.3, -0.25) is 9.59 Å². The quantitative estimate of drug-likeness (QED) is 0.585. The van der Waals surface area contributed by atoms with Crippen molar-refractivity contribution in [3.63, 3.8) is 0 Å². The predicted molar refractivity (Wildman–Crippen MR) is 48.6 cm³/mol.